The Kier molecular flexibility index (Phi) is 7.39. The number of rotatable bonds is 9. The third-order valence-corrected chi connectivity index (χ3v) is 7.11. The summed E-state index contributed by atoms with van der Waals surface area (Å²) in [6.07, 6.45) is 0.730. The smallest absolute Gasteiger partial charge is 0.261 e. The summed E-state index contributed by atoms with van der Waals surface area (Å²) in [6.45, 7) is 6.69. The van der Waals surface area contributed by atoms with Crippen molar-refractivity contribution < 1.29 is 14.4 Å². The van der Waals surface area contributed by atoms with Crippen LogP contribution in [0.1, 0.15) is 39.1 Å². The molecular formula is C29H32N4O3. The number of nitrogens with one attached hydrogen (secondary N) is 1. The number of imide groups is 1. The topological polar surface area (TPSA) is 73.0 Å². The normalized spacial score (nSPS) is 16.5. The van der Waals surface area contributed by atoms with Gasteiger partial charge in [0.05, 0.1) is 0 Å². The molecule has 1 fully saturated rings. The lowest BCUT2D eigenvalue weighted by Crippen LogP contribution is -2.48. The highest BCUT2D eigenvalue weighted by Crippen LogP contribution is 2.30. The van der Waals surface area contributed by atoms with Crippen LogP contribution < -0.4 is 5.32 Å². The van der Waals surface area contributed by atoms with Crippen molar-refractivity contribution >= 4 is 28.5 Å². The van der Waals surface area contributed by atoms with Gasteiger partial charge in [-0.2, -0.15) is 0 Å². The number of hydrogen-bond acceptors (Lipinski definition) is 5. The molecule has 7 nitrogen and oxygen atoms in total. The molecule has 5 rings (SSSR count). The SMILES string of the molecule is O=C(CCCN1C(=O)c2cccc3cccc(c23)C1=O)NCCN1CCN(Cc2ccccc2)CC1. The second-order valence-corrected chi connectivity index (χ2v) is 9.53. The Labute approximate surface area is 211 Å². The number of carbonyl (C=O) groups excluding carboxylic acids is 3. The Morgan fingerprint density at radius 1 is 0.750 bits per heavy atom. The molecule has 0 spiro atoms. The van der Waals surface area contributed by atoms with Gasteiger partial charge in [0.1, 0.15) is 0 Å². The summed E-state index contributed by atoms with van der Waals surface area (Å²) >= 11 is 0. The first-order valence-electron chi connectivity index (χ1n) is 12.7. The van der Waals surface area contributed by atoms with Gasteiger partial charge in [-0.15, -0.1) is 0 Å². The summed E-state index contributed by atoms with van der Waals surface area (Å²) in [5, 5.41) is 4.61. The Hall–Kier alpha value is -3.55. The van der Waals surface area contributed by atoms with Crippen molar-refractivity contribution in [2.24, 2.45) is 0 Å². The second-order valence-electron chi connectivity index (χ2n) is 9.53. The molecule has 186 valence electrons. The molecule has 2 heterocycles. The van der Waals surface area contributed by atoms with E-state index in [0.717, 1.165) is 50.0 Å². The fraction of sp³-hybridized carbons (Fsp3) is 0.345. The van der Waals surface area contributed by atoms with Crippen LogP contribution in [0.5, 0.6) is 0 Å². The number of hydrogen-bond donors (Lipinski definition) is 1. The zero-order valence-corrected chi connectivity index (χ0v) is 20.5. The molecule has 3 aromatic carbocycles. The first-order valence-corrected chi connectivity index (χ1v) is 12.7. The minimum Gasteiger partial charge on any atom is -0.355 e. The molecule has 7 heteroatoms. The molecule has 3 aromatic rings. The van der Waals surface area contributed by atoms with Gasteiger partial charge in [-0.05, 0) is 29.5 Å². The highest BCUT2D eigenvalue weighted by atomic mass is 16.2. The van der Waals surface area contributed by atoms with E-state index in [1.165, 1.54) is 10.5 Å². The van der Waals surface area contributed by atoms with Crippen LogP contribution >= 0.6 is 0 Å². The molecule has 3 amide bonds. The molecule has 0 aliphatic carbocycles. The van der Waals surface area contributed by atoms with Crippen LogP contribution in [0.2, 0.25) is 0 Å². The van der Waals surface area contributed by atoms with E-state index in [1.54, 1.807) is 12.1 Å². The van der Waals surface area contributed by atoms with Crippen LogP contribution in [0.25, 0.3) is 10.8 Å². The van der Waals surface area contributed by atoms with Crippen LogP contribution in [0, 0.1) is 0 Å². The monoisotopic (exact) mass is 484 g/mol. The maximum absolute atomic E-state index is 13.0. The third kappa shape index (κ3) is 5.32. The van der Waals surface area contributed by atoms with Gasteiger partial charge in [0.15, 0.2) is 0 Å². The van der Waals surface area contributed by atoms with Gasteiger partial charge in [-0.25, -0.2) is 0 Å². The van der Waals surface area contributed by atoms with E-state index in [2.05, 4.69) is 39.4 Å². The van der Waals surface area contributed by atoms with Crippen molar-refractivity contribution in [1.82, 2.24) is 20.0 Å². The minimum atomic E-state index is -0.281. The summed E-state index contributed by atoms with van der Waals surface area (Å²) in [5.41, 5.74) is 2.44. The molecule has 0 unspecified atom stereocenters. The van der Waals surface area contributed by atoms with Crippen molar-refractivity contribution in [3.63, 3.8) is 0 Å². The number of carbonyl (C=O) groups is 3. The largest absolute Gasteiger partial charge is 0.355 e. The van der Waals surface area contributed by atoms with Crippen LogP contribution in [0.15, 0.2) is 66.7 Å². The predicted molar refractivity (Wildman–Crippen MR) is 140 cm³/mol. The first kappa shape index (κ1) is 24.2. The van der Waals surface area contributed by atoms with Crippen molar-refractivity contribution in [1.29, 1.82) is 0 Å². The van der Waals surface area contributed by atoms with E-state index in [0.29, 0.717) is 24.1 Å². The van der Waals surface area contributed by atoms with Crippen molar-refractivity contribution in [3.05, 3.63) is 83.4 Å². The second kappa shape index (κ2) is 11.0. The molecule has 0 saturated carbocycles. The summed E-state index contributed by atoms with van der Waals surface area (Å²) < 4.78 is 0. The van der Waals surface area contributed by atoms with Gasteiger partial charge in [-0.3, -0.25) is 29.1 Å². The summed E-state index contributed by atoms with van der Waals surface area (Å²) in [5.74, 6) is -0.607. The lowest BCUT2D eigenvalue weighted by atomic mass is 9.94. The van der Waals surface area contributed by atoms with E-state index in [4.69, 9.17) is 0 Å². The molecule has 1 N–H and O–H groups in total. The van der Waals surface area contributed by atoms with E-state index < -0.39 is 0 Å². The zero-order chi connectivity index (χ0) is 24.9. The van der Waals surface area contributed by atoms with Gasteiger partial charge < -0.3 is 5.32 Å². The lowest BCUT2D eigenvalue weighted by Gasteiger charge is -2.34. The zero-order valence-electron chi connectivity index (χ0n) is 20.5. The quantitative estimate of drug-likeness (QED) is 0.473. The molecule has 36 heavy (non-hydrogen) atoms. The average molecular weight is 485 g/mol. The number of nitrogens with zero attached hydrogens (tertiary/aromatic N) is 3. The molecule has 0 bridgehead atoms. The minimum absolute atomic E-state index is 0.0443. The van der Waals surface area contributed by atoms with E-state index in [1.807, 2.05) is 30.3 Å². The molecule has 2 aliphatic rings. The van der Waals surface area contributed by atoms with Crippen molar-refractivity contribution in [2.45, 2.75) is 19.4 Å². The van der Waals surface area contributed by atoms with Gasteiger partial charge >= 0.3 is 0 Å². The Morgan fingerprint density at radius 3 is 2.06 bits per heavy atom. The van der Waals surface area contributed by atoms with Crippen LogP contribution in [-0.2, 0) is 11.3 Å². The number of benzene rings is 3. The summed E-state index contributed by atoms with van der Waals surface area (Å²) in [7, 11) is 0. The fourth-order valence-corrected chi connectivity index (χ4v) is 5.14. The average Bonchev–Trinajstić information content (AvgIpc) is 2.91. The Balaban J connectivity index is 1.02. The van der Waals surface area contributed by atoms with Crippen molar-refractivity contribution in [2.75, 3.05) is 45.8 Å². The third-order valence-electron chi connectivity index (χ3n) is 7.11. The maximum atomic E-state index is 13.0. The lowest BCUT2D eigenvalue weighted by molar-refractivity contribution is -0.121. The van der Waals surface area contributed by atoms with Crippen LogP contribution in [0.3, 0.4) is 0 Å². The highest BCUT2D eigenvalue weighted by Gasteiger charge is 2.32. The van der Waals surface area contributed by atoms with Gasteiger partial charge in [0, 0.05) is 75.3 Å². The maximum Gasteiger partial charge on any atom is 0.261 e. The molecule has 2 aliphatic heterocycles. The van der Waals surface area contributed by atoms with Gasteiger partial charge in [0.25, 0.3) is 11.8 Å². The van der Waals surface area contributed by atoms with Crippen LogP contribution in [-0.4, -0.2) is 78.2 Å². The van der Waals surface area contributed by atoms with E-state index in [9.17, 15) is 14.4 Å². The molecule has 1 saturated heterocycles. The van der Waals surface area contributed by atoms with E-state index in [-0.39, 0.29) is 30.7 Å². The molecule has 0 radical (unpaired) electrons. The Morgan fingerprint density at radius 2 is 1.39 bits per heavy atom. The Bertz CT molecular complexity index is 1200. The van der Waals surface area contributed by atoms with Crippen molar-refractivity contribution in [3.8, 4) is 0 Å². The standard InChI is InChI=1S/C29H32N4O3/c34-26(30-14-16-31-17-19-32(20-18-31)21-22-7-2-1-3-8-22)13-6-15-33-28(35)24-11-4-9-23-10-5-12-25(27(23)24)29(33)36/h1-5,7-12H,6,13-21H2,(H,30,34). The summed E-state index contributed by atoms with van der Waals surface area (Å²) in [4.78, 5) is 44.4. The highest BCUT2D eigenvalue weighted by molar-refractivity contribution is 6.25. The number of amides is 3. The van der Waals surface area contributed by atoms with Gasteiger partial charge in [-0.1, -0.05) is 54.6 Å². The predicted octanol–water partition coefficient (Wildman–Crippen LogP) is 3.15. The van der Waals surface area contributed by atoms with E-state index >= 15 is 0 Å². The number of piperazine rings is 1. The molecule has 0 aromatic heterocycles. The molecular weight excluding hydrogens is 452 g/mol. The van der Waals surface area contributed by atoms with Gasteiger partial charge in [0.2, 0.25) is 5.91 Å². The molecule has 0 atom stereocenters. The first-order chi connectivity index (χ1) is 17.6. The van der Waals surface area contributed by atoms with Crippen LogP contribution in [0.4, 0.5) is 0 Å². The summed E-state index contributed by atoms with van der Waals surface area (Å²) in [6, 6.07) is 21.6. The fourth-order valence-electron chi connectivity index (χ4n) is 5.14.